The number of nitrogens with zero attached hydrogens (tertiary/aromatic N) is 3. The fraction of sp³-hybridized carbons (Fsp3) is 0.412. The Morgan fingerprint density at radius 1 is 1.16 bits per heavy atom. The van der Waals surface area contributed by atoms with E-state index in [1.165, 1.54) is 18.9 Å². The van der Waals surface area contributed by atoms with Gasteiger partial charge in [0.25, 0.3) is 0 Å². The number of amides is 3. The van der Waals surface area contributed by atoms with E-state index in [2.05, 4.69) is 0 Å². The topological polar surface area (TPSA) is 87.2 Å². The number of esters is 1. The van der Waals surface area contributed by atoms with Gasteiger partial charge in [0.1, 0.15) is 6.54 Å². The molecule has 25 heavy (non-hydrogen) atoms. The highest BCUT2D eigenvalue weighted by Gasteiger charge is 2.26. The highest BCUT2D eigenvalue weighted by Crippen LogP contribution is 2.22. The second-order valence-corrected chi connectivity index (χ2v) is 5.64. The summed E-state index contributed by atoms with van der Waals surface area (Å²) in [5.41, 5.74) is 0.556. The second-order valence-electron chi connectivity index (χ2n) is 5.64. The van der Waals surface area contributed by atoms with Gasteiger partial charge in [-0.15, -0.1) is 0 Å². The van der Waals surface area contributed by atoms with Crippen molar-refractivity contribution >= 4 is 29.9 Å². The van der Waals surface area contributed by atoms with E-state index in [1.807, 2.05) is 0 Å². The molecule has 8 nitrogen and oxygen atoms in total. The highest BCUT2D eigenvalue weighted by molar-refractivity contribution is 6.04. The van der Waals surface area contributed by atoms with E-state index in [1.54, 1.807) is 34.1 Å². The number of hydrogen-bond acceptors (Lipinski definition) is 5. The number of benzene rings is 1. The molecule has 0 aliphatic carbocycles. The van der Waals surface area contributed by atoms with Crippen LogP contribution in [-0.2, 0) is 19.1 Å². The molecule has 0 N–H and O–H groups in total. The maximum Gasteiger partial charge on any atom is 0.339 e. The van der Waals surface area contributed by atoms with Gasteiger partial charge >= 0.3 is 5.97 Å². The summed E-state index contributed by atoms with van der Waals surface area (Å²) in [6.45, 7) is 2.93. The van der Waals surface area contributed by atoms with Crippen LogP contribution in [0.5, 0.6) is 0 Å². The smallest absolute Gasteiger partial charge is 0.339 e. The minimum absolute atomic E-state index is 0.176. The van der Waals surface area contributed by atoms with Crippen molar-refractivity contribution in [3.8, 4) is 0 Å². The molecule has 0 aromatic heterocycles. The van der Waals surface area contributed by atoms with Gasteiger partial charge in [0.15, 0.2) is 0 Å². The molecular weight excluding hydrogens is 326 g/mol. The Labute approximate surface area is 145 Å². The lowest BCUT2D eigenvalue weighted by Crippen LogP contribution is -2.51. The molecule has 3 amide bonds. The van der Waals surface area contributed by atoms with E-state index >= 15 is 0 Å². The maximum atomic E-state index is 12.5. The molecule has 0 radical (unpaired) electrons. The first-order chi connectivity index (χ1) is 12.0. The Morgan fingerprint density at radius 3 is 2.36 bits per heavy atom. The van der Waals surface area contributed by atoms with Crippen LogP contribution in [0, 0.1) is 0 Å². The molecule has 0 saturated carbocycles. The van der Waals surface area contributed by atoms with Crippen LogP contribution in [0.3, 0.4) is 0 Å². The predicted molar refractivity (Wildman–Crippen MR) is 90.0 cm³/mol. The molecule has 0 atom stereocenters. The second kappa shape index (κ2) is 8.27. The fourth-order valence-corrected chi connectivity index (χ4v) is 2.67. The van der Waals surface area contributed by atoms with Gasteiger partial charge in [-0.3, -0.25) is 14.4 Å². The van der Waals surface area contributed by atoms with Gasteiger partial charge in [0.05, 0.1) is 18.4 Å². The van der Waals surface area contributed by atoms with Crippen LogP contribution in [0.2, 0.25) is 0 Å². The first-order valence-electron chi connectivity index (χ1n) is 7.90. The predicted octanol–water partition coefficient (Wildman–Crippen LogP) is 0.127. The van der Waals surface area contributed by atoms with Gasteiger partial charge in [-0.25, -0.2) is 4.79 Å². The zero-order valence-electron chi connectivity index (χ0n) is 14.3. The Bertz CT molecular complexity index is 668. The average Bonchev–Trinajstić information content (AvgIpc) is 2.65. The number of anilines is 1. The summed E-state index contributed by atoms with van der Waals surface area (Å²) in [4.78, 5) is 51.8. The summed E-state index contributed by atoms with van der Waals surface area (Å²) in [5.74, 6) is -1.16. The Balaban J connectivity index is 2.17. The molecule has 134 valence electrons. The van der Waals surface area contributed by atoms with Gasteiger partial charge in [-0.2, -0.15) is 0 Å². The molecule has 0 bridgehead atoms. The van der Waals surface area contributed by atoms with Crippen molar-refractivity contribution in [1.82, 2.24) is 9.80 Å². The van der Waals surface area contributed by atoms with Gasteiger partial charge < -0.3 is 19.4 Å². The van der Waals surface area contributed by atoms with Crippen LogP contribution in [0.25, 0.3) is 0 Å². The van der Waals surface area contributed by atoms with E-state index in [-0.39, 0.29) is 23.9 Å². The van der Waals surface area contributed by atoms with Crippen molar-refractivity contribution in [2.45, 2.75) is 6.92 Å². The molecule has 0 spiro atoms. The monoisotopic (exact) mass is 347 g/mol. The molecule has 1 saturated heterocycles. The van der Waals surface area contributed by atoms with Gasteiger partial charge in [0, 0.05) is 33.1 Å². The van der Waals surface area contributed by atoms with Crippen LogP contribution < -0.4 is 4.90 Å². The van der Waals surface area contributed by atoms with Crippen molar-refractivity contribution < 1.29 is 23.9 Å². The number of carbonyl (C=O) groups is 4. The Morgan fingerprint density at radius 2 is 1.80 bits per heavy atom. The largest absolute Gasteiger partial charge is 0.465 e. The lowest BCUT2D eigenvalue weighted by Gasteiger charge is -2.34. The van der Waals surface area contributed by atoms with Crippen LogP contribution in [0.1, 0.15) is 17.3 Å². The number of rotatable bonds is 5. The van der Waals surface area contributed by atoms with E-state index in [0.717, 1.165) is 6.41 Å². The van der Waals surface area contributed by atoms with E-state index in [9.17, 15) is 19.2 Å². The summed E-state index contributed by atoms with van der Waals surface area (Å²) in [7, 11) is 1.26. The van der Waals surface area contributed by atoms with Crippen LogP contribution in [0.4, 0.5) is 5.69 Å². The minimum atomic E-state index is -0.575. The van der Waals surface area contributed by atoms with E-state index in [4.69, 9.17) is 4.74 Å². The quantitative estimate of drug-likeness (QED) is 0.558. The number of methoxy groups -OCH3 is 1. The first kappa shape index (κ1) is 18.4. The molecule has 1 heterocycles. The zero-order valence-corrected chi connectivity index (χ0v) is 14.3. The molecule has 1 aliphatic heterocycles. The van der Waals surface area contributed by atoms with E-state index < -0.39 is 5.97 Å². The van der Waals surface area contributed by atoms with Crippen LogP contribution >= 0.6 is 0 Å². The molecule has 0 unspecified atom stereocenters. The summed E-state index contributed by atoms with van der Waals surface area (Å²) in [5, 5.41) is 0. The number of carbonyl (C=O) groups excluding carboxylic acids is 4. The summed E-state index contributed by atoms with van der Waals surface area (Å²) in [6.07, 6.45) is 0.760. The van der Waals surface area contributed by atoms with Crippen molar-refractivity contribution in [2.24, 2.45) is 0 Å². The summed E-state index contributed by atoms with van der Waals surface area (Å²) >= 11 is 0. The molecule has 1 aromatic carbocycles. The highest BCUT2D eigenvalue weighted by atomic mass is 16.5. The summed E-state index contributed by atoms with van der Waals surface area (Å²) in [6, 6.07) is 6.50. The first-order valence-corrected chi connectivity index (χ1v) is 7.90. The number of ether oxygens (including phenoxy) is 1. The van der Waals surface area contributed by atoms with Gasteiger partial charge in [-0.1, -0.05) is 12.1 Å². The Kier molecular flexibility index (Phi) is 6.10. The lowest BCUT2D eigenvalue weighted by atomic mass is 10.1. The lowest BCUT2D eigenvalue weighted by molar-refractivity contribution is -0.134. The Hall–Kier alpha value is -2.90. The van der Waals surface area contributed by atoms with Crippen LogP contribution in [-0.4, -0.2) is 73.8 Å². The van der Waals surface area contributed by atoms with Crippen molar-refractivity contribution in [1.29, 1.82) is 0 Å². The molecule has 1 fully saturated rings. The maximum absolute atomic E-state index is 12.5. The molecular formula is C17H21N3O5. The van der Waals surface area contributed by atoms with Gasteiger partial charge in [-0.05, 0) is 12.1 Å². The number of hydrogen-bond donors (Lipinski definition) is 0. The minimum Gasteiger partial charge on any atom is -0.465 e. The zero-order chi connectivity index (χ0) is 18.4. The standard InChI is InChI=1S/C17H21N3O5/c1-13(22)20(15-6-4-3-5-14(15)17(24)25-2)11-16(23)19-9-7-18(12-21)8-10-19/h3-6,12H,7-11H2,1-2H3. The van der Waals surface area contributed by atoms with Gasteiger partial charge in [0.2, 0.25) is 18.2 Å². The van der Waals surface area contributed by atoms with Crippen molar-refractivity contribution in [3.63, 3.8) is 0 Å². The molecule has 8 heteroatoms. The van der Waals surface area contributed by atoms with Crippen molar-refractivity contribution in [3.05, 3.63) is 29.8 Å². The van der Waals surface area contributed by atoms with Crippen molar-refractivity contribution in [2.75, 3.05) is 44.7 Å². The number of para-hydroxylation sites is 1. The summed E-state index contributed by atoms with van der Waals surface area (Å²) < 4.78 is 4.74. The third-order valence-corrected chi connectivity index (χ3v) is 4.09. The fourth-order valence-electron chi connectivity index (χ4n) is 2.67. The average molecular weight is 347 g/mol. The molecule has 1 aliphatic rings. The molecule has 2 rings (SSSR count). The third-order valence-electron chi connectivity index (χ3n) is 4.09. The number of piperazine rings is 1. The third kappa shape index (κ3) is 4.34. The normalized spacial score (nSPS) is 14.0. The SMILES string of the molecule is COC(=O)c1ccccc1N(CC(=O)N1CCN(C=O)CC1)C(C)=O. The van der Waals surface area contributed by atoms with Crippen LogP contribution in [0.15, 0.2) is 24.3 Å². The molecule has 1 aromatic rings. The van der Waals surface area contributed by atoms with E-state index in [0.29, 0.717) is 31.9 Å².